The number of allylic oxidation sites excluding steroid dienone is 1. The molecule has 1 aromatic rings. The molecule has 86 valence electrons. The number of hydrogen-bond donors (Lipinski definition) is 3. The molecule has 1 heterocycles. The molecule has 0 aromatic carbocycles. The third-order valence-corrected chi connectivity index (χ3v) is 2.69. The Morgan fingerprint density at radius 1 is 1.50 bits per heavy atom. The second-order valence-corrected chi connectivity index (χ2v) is 3.74. The molecule has 1 aromatic heterocycles. The van der Waals surface area contributed by atoms with Crippen molar-refractivity contribution < 1.29 is 10.2 Å². The van der Waals surface area contributed by atoms with Crippen LogP contribution in [-0.2, 0) is 0 Å². The van der Waals surface area contributed by atoms with E-state index in [9.17, 15) is 14.7 Å². The highest BCUT2D eigenvalue weighted by atomic mass is 16.3. The van der Waals surface area contributed by atoms with Crippen molar-refractivity contribution in [3.63, 3.8) is 0 Å². The summed E-state index contributed by atoms with van der Waals surface area (Å²) in [6.45, 7) is -0.226. The summed E-state index contributed by atoms with van der Waals surface area (Å²) in [5.41, 5.74) is -0.464. The standard InChI is InChI=1S/C10H12N2O4/c13-5-6-3-7(4-8(6)14)12-2-1-9(15)11-10(12)16/h1-3,7-8,13-14H,4-5H2,(H,11,15,16)/t7-,8-/m1/s1. The zero-order valence-corrected chi connectivity index (χ0v) is 8.46. The van der Waals surface area contributed by atoms with E-state index in [1.165, 1.54) is 16.8 Å². The van der Waals surface area contributed by atoms with Crippen LogP contribution >= 0.6 is 0 Å². The maximum Gasteiger partial charge on any atom is 0.328 e. The van der Waals surface area contributed by atoms with Crippen LogP contribution in [0, 0.1) is 0 Å². The molecule has 0 bridgehead atoms. The van der Waals surface area contributed by atoms with Crippen molar-refractivity contribution in [2.45, 2.75) is 18.6 Å². The fourth-order valence-electron chi connectivity index (χ4n) is 1.85. The van der Waals surface area contributed by atoms with Crippen molar-refractivity contribution in [1.82, 2.24) is 9.55 Å². The lowest BCUT2D eigenvalue weighted by molar-refractivity contribution is 0.181. The molecule has 0 fully saturated rings. The highest BCUT2D eigenvalue weighted by molar-refractivity contribution is 5.19. The Balaban J connectivity index is 2.37. The van der Waals surface area contributed by atoms with Gasteiger partial charge in [-0.3, -0.25) is 14.3 Å². The smallest absolute Gasteiger partial charge is 0.328 e. The average Bonchev–Trinajstić information content (AvgIpc) is 2.59. The van der Waals surface area contributed by atoms with Crippen molar-refractivity contribution in [1.29, 1.82) is 0 Å². The molecular formula is C10H12N2O4. The molecule has 0 radical (unpaired) electrons. The molecule has 0 spiro atoms. The zero-order chi connectivity index (χ0) is 11.7. The Morgan fingerprint density at radius 3 is 2.81 bits per heavy atom. The van der Waals surface area contributed by atoms with Crippen LogP contribution in [0.5, 0.6) is 0 Å². The molecule has 0 saturated carbocycles. The summed E-state index contributed by atoms with van der Waals surface area (Å²) in [5, 5.41) is 18.5. The van der Waals surface area contributed by atoms with Gasteiger partial charge >= 0.3 is 5.69 Å². The monoisotopic (exact) mass is 224 g/mol. The summed E-state index contributed by atoms with van der Waals surface area (Å²) in [6, 6.07) is 0.931. The van der Waals surface area contributed by atoms with E-state index in [1.54, 1.807) is 6.08 Å². The van der Waals surface area contributed by atoms with Gasteiger partial charge in [-0.15, -0.1) is 0 Å². The lowest BCUT2D eigenvalue weighted by atomic mass is 10.2. The Kier molecular flexibility index (Phi) is 2.76. The van der Waals surface area contributed by atoms with E-state index in [0.29, 0.717) is 12.0 Å². The maximum absolute atomic E-state index is 11.5. The minimum Gasteiger partial charge on any atom is -0.392 e. The second kappa shape index (κ2) is 4.07. The Morgan fingerprint density at radius 2 is 2.25 bits per heavy atom. The minimum atomic E-state index is -0.728. The first-order chi connectivity index (χ1) is 7.61. The van der Waals surface area contributed by atoms with Crippen LogP contribution in [-0.4, -0.2) is 32.5 Å². The van der Waals surface area contributed by atoms with Gasteiger partial charge in [0.15, 0.2) is 0 Å². The topological polar surface area (TPSA) is 95.3 Å². The number of hydrogen-bond acceptors (Lipinski definition) is 4. The van der Waals surface area contributed by atoms with Gasteiger partial charge in [-0.1, -0.05) is 6.08 Å². The molecule has 0 aliphatic heterocycles. The predicted octanol–water partition coefficient (Wildman–Crippen LogP) is -1.24. The minimum absolute atomic E-state index is 0.226. The van der Waals surface area contributed by atoms with Gasteiger partial charge in [0.05, 0.1) is 18.8 Å². The normalized spacial score (nSPS) is 24.5. The van der Waals surface area contributed by atoms with Gasteiger partial charge in [-0.25, -0.2) is 4.79 Å². The summed E-state index contributed by atoms with van der Waals surface area (Å²) in [5.74, 6) is 0. The fraction of sp³-hybridized carbons (Fsp3) is 0.400. The molecule has 3 N–H and O–H groups in total. The molecule has 0 unspecified atom stereocenters. The first-order valence-corrected chi connectivity index (χ1v) is 4.93. The first-order valence-electron chi connectivity index (χ1n) is 4.93. The number of H-pyrrole nitrogens is 1. The predicted molar refractivity (Wildman–Crippen MR) is 56.2 cm³/mol. The van der Waals surface area contributed by atoms with E-state index in [0.717, 1.165) is 0 Å². The van der Waals surface area contributed by atoms with Gasteiger partial charge in [0.1, 0.15) is 0 Å². The van der Waals surface area contributed by atoms with Crippen molar-refractivity contribution >= 4 is 0 Å². The second-order valence-electron chi connectivity index (χ2n) is 3.74. The van der Waals surface area contributed by atoms with Gasteiger partial charge in [-0.05, 0) is 5.57 Å². The molecule has 1 aliphatic carbocycles. The Hall–Kier alpha value is -1.66. The molecule has 1 aliphatic rings. The first kappa shape index (κ1) is 10.8. The Bertz CT molecular complexity index is 528. The molecule has 2 atom stereocenters. The maximum atomic E-state index is 11.5. The molecular weight excluding hydrogens is 212 g/mol. The summed E-state index contributed by atoms with van der Waals surface area (Å²) in [7, 11) is 0. The van der Waals surface area contributed by atoms with Gasteiger partial charge in [0.25, 0.3) is 5.56 Å². The molecule has 6 nitrogen and oxygen atoms in total. The third kappa shape index (κ3) is 1.84. The van der Waals surface area contributed by atoms with Gasteiger partial charge in [0.2, 0.25) is 0 Å². The zero-order valence-electron chi connectivity index (χ0n) is 8.46. The van der Waals surface area contributed by atoms with Gasteiger partial charge in [0, 0.05) is 18.7 Å². The average molecular weight is 224 g/mol. The number of aromatic amines is 1. The molecule has 0 amide bonds. The van der Waals surface area contributed by atoms with E-state index in [1.807, 2.05) is 0 Å². The lowest BCUT2D eigenvalue weighted by Crippen LogP contribution is -2.30. The number of aliphatic hydroxyl groups is 2. The summed E-state index contributed by atoms with van der Waals surface area (Å²) in [6.07, 6.45) is 2.63. The van der Waals surface area contributed by atoms with E-state index < -0.39 is 17.4 Å². The summed E-state index contributed by atoms with van der Waals surface area (Å²) in [4.78, 5) is 24.5. The number of rotatable bonds is 2. The van der Waals surface area contributed by atoms with E-state index in [-0.39, 0.29) is 12.6 Å². The van der Waals surface area contributed by atoms with Crippen LogP contribution in [0.4, 0.5) is 0 Å². The number of nitrogens with zero attached hydrogens (tertiary/aromatic N) is 1. The quantitative estimate of drug-likeness (QED) is 0.547. The van der Waals surface area contributed by atoms with Crippen molar-refractivity contribution in [3.05, 3.63) is 44.8 Å². The van der Waals surface area contributed by atoms with Crippen molar-refractivity contribution in [2.24, 2.45) is 0 Å². The van der Waals surface area contributed by atoms with Gasteiger partial charge < -0.3 is 10.2 Å². The number of aromatic nitrogens is 2. The SMILES string of the molecule is O=c1ccn([C@@H]2C=C(CO)[C@H](O)C2)c(=O)[nH]1. The summed E-state index contributed by atoms with van der Waals surface area (Å²) >= 11 is 0. The van der Waals surface area contributed by atoms with E-state index in [4.69, 9.17) is 5.11 Å². The largest absolute Gasteiger partial charge is 0.392 e. The van der Waals surface area contributed by atoms with Crippen LogP contribution in [0.1, 0.15) is 12.5 Å². The fourth-order valence-corrected chi connectivity index (χ4v) is 1.85. The highest BCUT2D eigenvalue weighted by Crippen LogP contribution is 2.26. The number of nitrogens with one attached hydrogen (secondary N) is 1. The Labute approximate surface area is 90.5 Å². The van der Waals surface area contributed by atoms with Crippen LogP contribution in [0.3, 0.4) is 0 Å². The van der Waals surface area contributed by atoms with Crippen molar-refractivity contribution in [2.75, 3.05) is 6.61 Å². The molecule has 6 heteroatoms. The van der Waals surface area contributed by atoms with Crippen LogP contribution in [0.2, 0.25) is 0 Å². The van der Waals surface area contributed by atoms with Gasteiger partial charge in [-0.2, -0.15) is 0 Å². The highest BCUT2D eigenvalue weighted by Gasteiger charge is 2.25. The molecule has 16 heavy (non-hydrogen) atoms. The third-order valence-electron chi connectivity index (χ3n) is 2.69. The van der Waals surface area contributed by atoms with Crippen LogP contribution in [0.15, 0.2) is 33.5 Å². The van der Waals surface area contributed by atoms with Crippen LogP contribution < -0.4 is 11.2 Å². The van der Waals surface area contributed by atoms with Crippen LogP contribution in [0.25, 0.3) is 0 Å². The molecule has 0 saturated heterocycles. The molecule has 2 rings (SSSR count). The van der Waals surface area contributed by atoms with E-state index in [2.05, 4.69) is 4.98 Å². The van der Waals surface area contributed by atoms with Crippen molar-refractivity contribution in [3.8, 4) is 0 Å². The lowest BCUT2D eigenvalue weighted by Gasteiger charge is -2.11. The number of aliphatic hydroxyl groups excluding tert-OH is 2. The van der Waals surface area contributed by atoms with E-state index >= 15 is 0 Å². The summed E-state index contributed by atoms with van der Waals surface area (Å²) < 4.78 is 1.33.